The zero-order chi connectivity index (χ0) is 23.2. The molecule has 172 valence electrons. The van der Waals surface area contributed by atoms with Crippen LogP contribution in [0.15, 0.2) is 76.5 Å². The molecule has 6 nitrogen and oxygen atoms in total. The number of aliphatic hydroxyl groups excluding tert-OH is 1. The molecule has 4 rings (SSSR count). The Morgan fingerprint density at radius 1 is 1.09 bits per heavy atom. The zero-order valence-electron chi connectivity index (χ0n) is 18.3. The van der Waals surface area contributed by atoms with E-state index in [0.29, 0.717) is 6.54 Å². The summed E-state index contributed by atoms with van der Waals surface area (Å²) in [6.07, 6.45) is 3.87. The Morgan fingerprint density at radius 2 is 1.85 bits per heavy atom. The Hall–Kier alpha value is -2.74. The summed E-state index contributed by atoms with van der Waals surface area (Å²) in [4.78, 5) is 30.2. The molecule has 0 spiro atoms. The molecule has 1 atom stereocenters. The Morgan fingerprint density at radius 3 is 2.58 bits per heavy atom. The van der Waals surface area contributed by atoms with Gasteiger partial charge in [-0.2, -0.15) is 0 Å². The maximum absolute atomic E-state index is 13.2. The number of aliphatic hydroxyl groups is 1. The number of halogens is 1. The fourth-order valence-corrected chi connectivity index (χ4v) is 4.69. The van der Waals surface area contributed by atoms with Crippen LogP contribution < -0.4 is 0 Å². The van der Waals surface area contributed by atoms with E-state index >= 15 is 0 Å². The molecule has 0 saturated carbocycles. The van der Waals surface area contributed by atoms with E-state index in [9.17, 15) is 14.7 Å². The van der Waals surface area contributed by atoms with Crippen molar-refractivity contribution in [2.75, 3.05) is 39.4 Å². The van der Waals surface area contributed by atoms with Gasteiger partial charge in [-0.05, 0) is 35.8 Å². The highest BCUT2D eigenvalue weighted by Gasteiger charge is 2.42. The van der Waals surface area contributed by atoms with Gasteiger partial charge in [-0.1, -0.05) is 64.5 Å². The summed E-state index contributed by atoms with van der Waals surface area (Å²) in [5, 5.41) is 10.7. The van der Waals surface area contributed by atoms with Gasteiger partial charge in [0.2, 0.25) is 0 Å². The second kappa shape index (κ2) is 10.9. The smallest absolute Gasteiger partial charge is 0.290 e. The maximum Gasteiger partial charge on any atom is 0.290 e. The molecule has 1 saturated heterocycles. The number of hydrogen-bond donors (Lipinski definition) is 1. The van der Waals surface area contributed by atoms with Gasteiger partial charge >= 0.3 is 0 Å². The van der Waals surface area contributed by atoms with Gasteiger partial charge in [0.1, 0.15) is 0 Å². The van der Waals surface area contributed by atoms with E-state index in [0.717, 1.165) is 54.9 Å². The van der Waals surface area contributed by atoms with Crippen LogP contribution in [0.25, 0.3) is 6.08 Å². The van der Waals surface area contributed by atoms with Crippen molar-refractivity contribution in [1.29, 1.82) is 0 Å². The first-order chi connectivity index (χ1) is 16.0. The molecule has 2 heterocycles. The SMILES string of the molecule is O=C(C=Cc1ccccc1)C1=C(O)C(=O)N(CCCN2CCOCC2)C1c1cccc(Br)c1. The average Bonchev–Trinajstić information content (AvgIpc) is 3.09. The molecule has 2 aromatic carbocycles. The van der Waals surface area contributed by atoms with Crippen molar-refractivity contribution in [1.82, 2.24) is 9.80 Å². The molecule has 1 amide bonds. The Labute approximate surface area is 202 Å². The molecule has 0 radical (unpaired) electrons. The van der Waals surface area contributed by atoms with Crippen molar-refractivity contribution in [3.8, 4) is 0 Å². The second-order valence-corrected chi connectivity index (χ2v) is 9.05. The summed E-state index contributed by atoms with van der Waals surface area (Å²) < 4.78 is 6.24. The first kappa shape index (κ1) is 23.4. The first-order valence-electron chi connectivity index (χ1n) is 11.1. The molecule has 0 aliphatic carbocycles. The summed E-state index contributed by atoms with van der Waals surface area (Å²) in [7, 11) is 0. The number of nitrogens with zero attached hydrogens (tertiary/aromatic N) is 2. The molecule has 2 aliphatic rings. The number of carbonyl (C=O) groups excluding carboxylic acids is 2. The molecule has 7 heteroatoms. The predicted octanol–water partition coefficient (Wildman–Crippen LogP) is 4.15. The topological polar surface area (TPSA) is 70.1 Å². The third-order valence-corrected chi connectivity index (χ3v) is 6.43. The number of amides is 1. The molecule has 2 aromatic rings. The highest BCUT2D eigenvalue weighted by molar-refractivity contribution is 9.10. The maximum atomic E-state index is 13.2. The number of benzene rings is 2. The van der Waals surface area contributed by atoms with Crippen LogP contribution in [0.1, 0.15) is 23.6 Å². The number of ether oxygens (including phenoxy) is 1. The lowest BCUT2D eigenvalue weighted by atomic mass is 9.95. The molecular formula is C26H27BrN2O4. The standard InChI is InChI=1S/C26H27BrN2O4/c27-21-9-4-8-20(18-21)24-23(22(30)11-10-19-6-2-1-3-7-19)25(31)26(32)29(24)13-5-12-28-14-16-33-17-15-28/h1-4,6-11,18,24,31H,5,12-17H2. The van der Waals surface area contributed by atoms with Gasteiger partial charge in [0.05, 0.1) is 24.8 Å². The minimum atomic E-state index is -0.632. The van der Waals surface area contributed by atoms with Crippen LogP contribution in [-0.2, 0) is 14.3 Å². The van der Waals surface area contributed by atoms with Crippen LogP contribution >= 0.6 is 15.9 Å². The minimum Gasteiger partial charge on any atom is -0.503 e. The Kier molecular flexibility index (Phi) is 7.75. The molecule has 1 unspecified atom stereocenters. The summed E-state index contributed by atoms with van der Waals surface area (Å²) in [5.41, 5.74) is 1.78. The predicted molar refractivity (Wildman–Crippen MR) is 131 cm³/mol. The number of ketones is 1. The summed E-state index contributed by atoms with van der Waals surface area (Å²) in [6, 6.07) is 16.4. The van der Waals surface area contributed by atoms with Crippen molar-refractivity contribution >= 4 is 33.7 Å². The monoisotopic (exact) mass is 510 g/mol. The van der Waals surface area contributed by atoms with E-state index in [-0.39, 0.29) is 11.4 Å². The second-order valence-electron chi connectivity index (χ2n) is 8.13. The normalized spacial score (nSPS) is 19.6. The summed E-state index contributed by atoms with van der Waals surface area (Å²) >= 11 is 3.48. The van der Waals surface area contributed by atoms with Gasteiger partial charge in [0.25, 0.3) is 5.91 Å². The third-order valence-electron chi connectivity index (χ3n) is 5.94. The third kappa shape index (κ3) is 5.61. The molecule has 33 heavy (non-hydrogen) atoms. The lowest BCUT2D eigenvalue weighted by Gasteiger charge is -2.30. The van der Waals surface area contributed by atoms with Crippen molar-refractivity contribution in [3.63, 3.8) is 0 Å². The van der Waals surface area contributed by atoms with Gasteiger partial charge in [-0.3, -0.25) is 14.5 Å². The van der Waals surface area contributed by atoms with Crippen molar-refractivity contribution < 1.29 is 19.4 Å². The minimum absolute atomic E-state index is 0.122. The number of carbonyl (C=O) groups is 2. The fourth-order valence-electron chi connectivity index (χ4n) is 4.27. The van der Waals surface area contributed by atoms with Crippen LogP contribution in [0, 0.1) is 0 Å². The van der Waals surface area contributed by atoms with Crippen LogP contribution in [0.3, 0.4) is 0 Å². The van der Waals surface area contributed by atoms with Gasteiger partial charge in [0.15, 0.2) is 11.5 Å². The van der Waals surface area contributed by atoms with E-state index in [4.69, 9.17) is 4.74 Å². The van der Waals surface area contributed by atoms with Crippen LogP contribution in [0.2, 0.25) is 0 Å². The van der Waals surface area contributed by atoms with Gasteiger partial charge in [-0.15, -0.1) is 0 Å². The Bertz CT molecular complexity index is 1060. The molecular weight excluding hydrogens is 484 g/mol. The highest BCUT2D eigenvalue weighted by Crippen LogP contribution is 2.38. The van der Waals surface area contributed by atoms with Gasteiger partial charge in [0, 0.05) is 30.7 Å². The van der Waals surface area contributed by atoms with Gasteiger partial charge < -0.3 is 14.7 Å². The molecule has 1 N–H and O–H groups in total. The summed E-state index contributed by atoms with van der Waals surface area (Å²) in [5.74, 6) is -1.34. The van der Waals surface area contributed by atoms with Crippen molar-refractivity contribution in [2.24, 2.45) is 0 Å². The summed E-state index contributed by atoms with van der Waals surface area (Å²) in [6.45, 7) is 4.46. The van der Waals surface area contributed by atoms with Crippen LogP contribution in [0.5, 0.6) is 0 Å². The van der Waals surface area contributed by atoms with E-state index in [1.54, 1.807) is 11.0 Å². The highest BCUT2D eigenvalue weighted by atomic mass is 79.9. The molecule has 2 aliphatic heterocycles. The number of hydrogen-bond acceptors (Lipinski definition) is 5. The molecule has 0 bridgehead atoms. The zero-order valence-corrected chi connectivity index (χ0v) is 19.9. The molecule has 1 fully saturated rings. The number of allylic oxidation sites excluding steroid dienone is 1. The van der Waals surface area contributed by atoms with Crippen LogP contribution in [0.4, 0.5) is 0 Å². The molecule has 0 aromatic heterocycles. The van der Waals surface area contributed by atoms with E-state index < -0.39 is 17.7 Å². The van der Waals surface area contributed by atoms with E-state index in [1.807, 2.05) is 54.6 Å². The lowest BCUT2D eigenvalue weighted by Crippen LogP contribution is -2.39. The quantitative estimate of drug-likeness (QED) is 0.540. The van der Waals surface area contributed by atoms with Crippen molar-refractivity contribution in [3.05, 3.63) is 87.6 Å². The van der Waals surface area contributed by atoms with E-state index in [1.165, 1.54) is 6.08 Å². The first-order valence-corrected chi connectivity index (χ1v) is 11.9. The van der Waals surface area contributed by atoms with Crippen LogP contribution in [-0.4, -0.2) is 66.0 Å². The van der Waals surface area contributed by atoms with E-state index in [2.05, 4.69) is 20.8 Å². The fraction of sp³-hybridized carbons (Fsp3) is 0.308. The average molecular weight is 511 g/mol. The van der Waals surface area contributed by atoms with Crippen molar-refractivity contribution in [2.45, 2.75) is 12.5 Å². The van der Waals surface area contributed by atoms with Gasteiger partial charge in [-0.25, -0.2) is 0 Å². The Balaban J connectivity index is 1.57. The lowest BCUT2D eigenvalue weighted by molar-refractivity contribution is -0.129. The number of rotatable bonds is 8. The number of morpholine rings is 1. The largest absolute Gasteiger partial charge is 0.503 e.